The van der Waals surface area contributed by atoms with Crippen molar-refractivity contribution in [3.63, 3.8) is 0 Å². The minimum atomic E-state index is -1.13. The number of rotatable bonds is 1. The summed E-state index contributed by atoms with van der Waals surface area (Å²) in [6.45, 7) is -0.0273. The van der Waals surface area contributed by atoms with Gasteiger partial charge in [-0.25, -0.2) is 9.59 Å². The van der Waals surface area contributed by atoms with Gasteiger partial charge in [-0.2, -0.15) is 0 Å². The predicted octanol–water partition coefficient (Wildman–Crippen LogP) is -0.576. The fourth-order valence-corrected chi connectivity index (χ4v) is 2.39. The van der Waals surface area contributed by atoms with E-state index in [-0.39, 0.29) is 19.1 Å². The first-order valence-corrected chi connectivity index (χ1v) is 5.02. The molecule has 0 radical (unpaired) electrons. The fourth-order valence-electron chi connectivity index (χ4n) is 2.39. The van der Waals surface area contributed by atoms with Crippen LogP contribution < -0.4 is 0 Å². The summed E-state index contributed by atoms with van der Waals surface area (Å²) in [5.41, 5.74) is 0. The maximum absolute atomic E-state index is 11.7. The van der Waals surface area contributed by atoms with Gasteiger partial charge in [-0.15, -0.1) is 0 Å². The van der Waals surface area contributed by atoms with Crippen LogP contribution in [0.15, 0.2) is 0 Å². The van der Waals surface area contributed by atoms with E-state index in [2.05, 4.69) is 0 Å². The quantitative estimate of drug-likeness (QED) is 0.626. The summed E-state index contributed by atoms with van der Waals surface area (Å²) in [5.74, 6) is -1.43. The summed E-state index contributed by atoms with van der Waals surface area (Å²) in [6.07, 6.45) is -0.183. The molecule has 2 rings (SSSR count). The van der Waals surface area contributed by atoms with Crippen LogP contribution >= 0.6 is 0 Å². The first kappa shape index (κ1) is 10.7. The molecule has 2 heterocycles. The van der Waals surface area contributed by atoms with Crippen molar-refractivity contribution < 1.29 is 24.6 Å². The van der Waals surface area contributed by atoms with E-state index in [1.165, 1.54) is 4.90 Å². The van der Waals surface area contributed by atoms with E-state index in [0.29, 0.717) is 12.8 Å². The fraction of sp³-hybridized carbons (Fsp3) is 0.667. The third kappa shape index (κ3) is 1.58. The third-order valence-corrected chi connectivity index (χ3v) is 3.10. The van der Waals surface area contributed by atoms with Gasteiger partial charge in [0.15, 0.2) is 0 Å². The second-order valence-corrected chi connectivity index (χ2v) is 4.05. The summed E-state index contributed by atoms with van der Waals surface area (Å²) < 4.78 is 0. The number of piperazine rings is 1. The van der Waals surface area contributed by atoms with Crippen LogP contribution in [0.3, 0.4) is 0 Å². The first-order valence-electron chi connectivity index (χ1n) is 5.02. The molecule has 0 aromatic rings. The van der Waals surface area contributed by atoms with Crippen molar-refractivity contribution in [1.29, 1.82) is 0 Å². The molecule has 88 valence electrons. The van der Waals surface area contributed by atoms with Crippen molar-refractivity contribution in [2.45, 2.75) is 24.9 Å². The average molecular weight is 228 g/mol. The molecule has 2 saturated heterocycles. The van der Waals surface area contributed by atoms with Gasteiger partial charge in [0.05, 0.1) is 6.04 Å². The number of hydrogen-bond acceptors (Lipinski definition) is 3. The molecular formula is C9H12N2O5. The Morgan fingerprint density at radius 2 is 1.94 bits per heavy atom. The highest BCUT2D eigenvalue weighted by molar-refractivity contribution is 5.88. The lowest BCUT2D eigenvalue weighted by atomic mass is 10.1. The van der Waals surface area contributed by atoms with Crippen LogP contribution in [-0.2, 0) is 9.59 Å². The number of nitrogens with zero attached hydrogens (tertiary/aromatic N) is 2. The van der Waals surface area contributed by atoms with Gasteiger partial charge in [0.25, 0.3) is 0 Å². The normalized spacial score (nSPS) is 29.1. The van der Waals surface area contributed by atoms with Gasteiger partial charge < -0.3 is 15.1 Å². The standard InChI is InChI=1S/C9H12N2O5/c12-7-4-10(9(15)16)3-5-1-2-6(8(13)14)11(5)7/h5-6H,1-4H2,(H,13,14)(H,15,16). The lowest BCUT2D eigenvalue weighted by Gasteiger charge is -2.37. The number of carboxylic acid groups (broad SMARTS) is 2. The maximum atomic E-state index is 11.7. The highest BCUT2D eigenvalue weighted by atomic mass is 16.4. The molecule has 16 heavy (non-hydrogen) atoms. The van der Waals surface area contributed by atoms with Crippen molar-refractivity contribution in [1.82, 2.24) is 9.80 Å². The maximum Gasteiger partial charge on any atom is 0.407 e. The van der Waals surface area contributed by atoms with Crippen LogP contribution in [0.5, 0.6) is 0 Å². The van der Waals surface area contributed by atoms with Gasteiger partial charge in [-0.05, 0) is 12.8 Å². The summed E-state index contributed by atoms with van der Waals surface area (Å²) >= 11 is 0. The lowest BCUT2D eigenvalue weighted by molar-refractivity contribution is -0.152. The zero-order valence-electron chi connectivity index (χ0n) is 8.50. The molecule has 0 aromatic carbocycles. The van der Waals surface area contributed by atoms with Crippen LogP contribution in [0.25, 0.3) is 0 Å². The molecule has 2 aliphatic heterocycles. The molecule has 2 aliphatic rings. The molecule has 2 fully saturated rings. The number of carbonyl (C=O) groups is 3. The van der Waals surface area contributed by atoms with Crippen LogP contribution in [0.2, 0.25) is 0 Å². The number of amides is 2. The van der Waals surface area contributed by atoms with Crippen molar-refractivity contribution in [3.05, 3.63) is 0 Å². The SMILES string of the molecule is O=C(O)C1CCC2CN(C(=O)O)CC(=O)N21. The van der Waals surface area contributed by atoms with Crippen molar-refractivity contribution in [2.24, 2.45) is 0 Å². The Labute approximate surface area is 91.2 Å². The Morgan fingerprint density at radius 3 is 2.50 bits per heavy atom. The number of aliphatic carboxylic acids is 1. The van der Waals surface area contributed by atoms with E-state index < -0.39 is 24.0 Å². The van der Waals surface area contributed by atoms with Crippen molar-refractivity contribution in [3.8, 4) is 0 Å². The summed E-state index contributed by atoms with van der Waals surface area (Å²) in [4.78, 5) is 35.7. The van der Waals surface area contributed by atoms with E-state index >= 15 is 0 Å². The number of carbonyl (C=O) groups excluding carboxylic acids is 1. The Bertz CT molecular complexity index is 356. The van der Waals surface area contributed by atoms with Crippen molar-refractivity contribution in [2.75, 3.05) is 13.1 Å². The Kier molecular flexibility index (Phi) is 2.45. The highest BCUT2D eigenvalue weighted by Crippen LogP contribution is 2.28. The lowest BCUT2D eigenvalue weighted by Crippen LogP contribution is -2.58. The van der Waals surface area contributed by atoms with Crippen molar-refractivity contribution >= 4 is 18.0 Å². The van der Waals surface area contributed by atoms with Gasteiger partial charge in [0.2, 0.25) is 5.91 Å². The molecule has 2 amide bonds. The molecule has 0 aliphatic carbocycles. The van der Waals surface area contributed by atoms with Crippen LogP contribution in [0, 0.1) is 0 Å². The molecule has 2 unspecified atom stereocenters. The van der Waals surface area contributed by atoms with E-state index in [1.807, 2.05) is 0 Å². The monoisotopic (exact) mass is 228 g/mol. The molecule has 7 heteroatoms. The summed E-state index contributed by atoms with van der Waals surface area (Å²) in [6, 6.07) is -1.06. The van der Waals surface area contributed by atoms with Gasteiger partial charge in [-0.3, -0.25) is 9.69 Å². The second-order valence-electron chi connectivity index (χ2n) is 4.05. The van der Waals surface area contributed by atoms with E-state index in [0.717, 1.165) is 4.90 Å². The third-order valence-electron chi connectivity index (χ3n) is 3.10. The minimum Gasteiger partial charge on any atom is -0.480 e. The zero-order valence-corrected chi connectivity index (χ0v) is 8.50. The van der Waals surface area contributed by atoms with Gasteiger partial charge in [0.1, 0.15) is 12.6 Å². The predicted molar refractivity (Wildman–Crippen MR) is 50.9 cm³/mol. The molecule has 0 saturated carbocycles. The topological polar surface area (TPSA) is 98.1 Å². The van der Waals surface area contributed by atoms with E-state index in [1.54, 1.807) is 0 Å². The highest BCUT2D eigenvalue weighted by Gasteiger charge is 2.45. The van der Waals surface area contributed by atoms with Crippen LogP contribution in [0.1, 0.15) is 12.8 Å². The van der Waals surface area contributed by atoms with E-state index in [4.69, 9.17) is 10.2 Å². The molecular weight excluding hydrogens is 216 g/mol. The molecule has 2 N–H and O–H groups in total. The Morgan fingerprint density at radius 1 is 1.25 bits per heavy atom. The number of hydrogen-bond donors (Lipinski definition) is 2. The zero-order chi connectivity index (χ0) is 11.9. The number of fused-ring (bicyclic) bond motifs is 1. The molecule has 0 aromatic heterocycles. The van der Waals surface area contributed by atoms with Gasteiger partial charge >= 0.3 is 12.1 Å². The largest absolute Gasteiger partial charge is 0.480 e. The Hall–Kier alpha value is -1.79. The molecule has 0 bridgehead atoms. The minimum absolute atomic E-state index is 0.213. The van der Waals surface area contributed by atoms with Crippen LogP contribution in [0.4, 0.5) is 4.79 Å². The average Bonchev–Trinajstić information content (AvgIpc) is 2.61. The second kappa shape index (κ2) is 3.66. The number of carboxylic acids is 1. The van der Waals surface area contributed by atoms with Gasteiger partial charge in [-0.1, -0.05) is 0 Å². The molecule has 2 atom stereocenters. The first-order chi connectivity index (χ1) is 7.50. The van der Waals surface area contributed by atoms with Gasteiger partial charge in [0, 0.05) is 6.54 Å². The Balaban J connectivity index is 2.16. The molecule has 7 nitrogen and oxygen atoms in total. The van der Waals surface area contributed by atoms with Crippen LogP contribution in [-0.4, -0.2) is 63.2 Å². The summed E-state index contributed by atoms with van der Waals surface area (Å²) in [7, 11) is 0. The summed E-state index contributed by atoms with van der Waals surface area (Å²) in [5, 5.41) is 17.7. The molecule has 0 spiro atoms. The smallest absolute Gasteiger partial charge is 0.407 e. The van der Waals surface area contributed by atoms with E-state index in [9.17, 15) is 14.4 Å².